The zero-order valence-electron chi connectivity index (χ0n) is 10.0. The van der Waals surface area contributed by atoms with Crippen LogP contribution >= 0.6 is 12.2 Å². The third-order valence-corrected chi connectivity index (χ3v) is 3.61. The molecule has 18 heavy (non-hydrogen) atoms. The third kappa shape index (κ3) is 2.79. The first-order valence-corrected chi connectivity index (χ1v) is 6.38. The average Bonchev–Trinajstić information content (AvgIpc) is 2.80. The molecule has 4 nitrogen and oxygen atoms in total. The maximum atomic E-state index is 11.8. The van der Waals surface area contributed by atoms with Crippen LogP contribution in [0.15, 0.2) is 30.3 Å². The van der Waals surface area contributed by atoms with E-state index in [-0.39, 0.29) is 0 Å². The number of para-hydroxylation sites is 1. The number of benzene rings is 1. The van der Waals surface area contributed by atoms with Crippen molar-refractivity contribution in [3.05, 3.63) is 30.3 Å². The van der Waals surface area contributed by atoms with E-state index in [2.05, 4.69) is 5.32 Å². The first-order valence-electron chi connectivity index (χ1n) is 5.97. The molecular formula is C13H16N2O2S. The summed E-state index contributed by atoms with van der Waals surface area (Å²) >= 11 is 5.06. The van der Waals surface area contributed by atoms with Gasteiger partial charge in [-0.05, 0) is 25.0 Å². The van der Waals surface area contributed by atoms with E-state index in [1.165, 1.54) is 0 Å². The molecular weight excluding hydrogens is 248 g/mol. The number of rotatable bonds is 3. The maximum Gasteiger partial charge on any atom is 0.413 e. The highest BCUT2D eigenvalue weighted by atomic mass is 32.1. The first kappa shape index (κ1) is 12.8. The number of hydrogen-bond donors (Lipinski definition) is 2. The van der Waals surface area contributed by atoms with Crippen molar-refractivity contribution in [2.45, 2.75) is 31.2 Å². The van der Waals surface area contributed by atoms with Crippen LogP contribution in [0.4, 0.5) is 4.79 Å². The van der Waals surface area contributed by atoms with Crippen molar-refractivity contribution in [1.29, 1.82) is 0 Å². The molecule has 0 unspecified atom stereocenters. The summed E-state index contributed by atoms with van der Waals surface area (Å²) in [6.07, 6.45) is 3.10. The zero-order chi connectivity index (χ0) is 13.0. The predicted octanol–water partition coefficient (Wildman–Crippen LogP) is 2.37. The molecule has 0 aliphatic heterocycles. The molecule has 1 aromatic rings. The SMILES string of the molecule is NC(=S)C1(NC(=O)Oc2ccccc2)CCCC1. The summed E-state index contributed by atoms with van der Waals surface area (Å²) in [6.45, 7) is 0. The molecule has 1 fully saturated rings. The molecule has 0 atom stereocenters. The van der Waals surface area contributed by atoms with Gasteiger partial charge in [-0.3, -0.25) is 0 Å². The molecule has 96 valence electrons. The van der Waals surface area contributed by atoms with Crippen molar-refractivity contribution in [3.8, 4) is 5.75 Å². The van der Waals surface area contributed by atoms with Crippen LogP contribution in [-0.4, -0.2) is 16.6 Å². The molecule has 0 aromatic heterocycles. The van der Waals surface area contributed by atoms with E-state index in [1.54, 1.807) is 12.1 Å². The molecule has 5 heteroatoms. The average molecular weight is 264 g/mol. The first-order chi connectivity index (χ1) is 8.62. The Morgan fingerprint density at radius 1 is 1.28 bits per heavy atom. The highest BCUT2D eigenvalue weighted by Gasteiger charge is 2.38. The summed E-state index contributed by atoms with van der Waals surface area (Å²) in [5.41, 5.74) is 5.17. The lowest BCUT2D eigenvalue weighted by molar-refractivity contribution is 0.192. The fraction of sp³-hybridized carbons (Fsp3) is 0.385. The summed E-state index contributed by atoms with van der Waals surface area (Å²) in [6, 6.07) is 8.92. The van der Waals surface area contributed by atoms with Crippen LogP contribution in [0.3, 0.4) is 0 Å². The molecule has 0 radical (unpaired) electrons. The van der Waals surface area contributed by atoms with Gasteiger partial charge in [0.2, 0.25) is 0 Å². The fourth-order valence-electron chi connectivity index (χ4n) is 2.23. The molecule has 1 aliphatic rings. The minimum absolute atomic E-state index is 0.338. The number of thiocarbonyl (C=S) groups is 1. The van der Waals surface area contributed by atoms with Gasteiger partial charge in [-0.2, -0.15) is 0 Å². The van der Waals surface area contributed by atoms with Gasteiger partial charge >= 0.3 is 6.09 Å². The van der Waals surface area contributed by atoms with Crippen LogP contribution in [0.1, 0.15) is 25.7 Å². The van der Waals surface area contributed by atoms with Gasteiger partial charge in [0.25, 0.3) is 0 Å². The number of carbonyl (C=O) groups excluding carboxylic acids is 1. The van der Waals surface area contributed by atoms with E-state index in [0.29, 0.717) is 10.7 Å². The second-order valence-electron chi connectivity index (χ2n) is 4.48. The summed E-state index contributed by atoms with van der Waals surface area (Å²) in [5.74, 6) is 0.506. The Labute approximate surface area is 112 Å². The van der Waals surface area contributed by atoms with E-state index in [0.717, 1.165) is 25.7 Å². The van der Waals surface area contributed by atoms with Crippen molar-refractivity contribution in [1.82, 2.24) is 5.32 Å². The number of amides is 1. The number of nitrogens with one attached hydrogen (secondary N) is 1. The smallest absolute Gasteiger partial charge is 0.410 e. The number of carbonyl (C=O) groups is 1. The Kier molecular flexibility index (Phi) is 3.81. The summed E-state index contributed by atoms with van der Waals surface area (Å²) in [4.78, 5) is 12.2. The van der Waals surface area contributed by atoms with Gasteiger partial charge in [-0.15, -0.1) is 0 Å². The third-order valence-electron chi connectivity index (χ3n) is 3.22. The molecule has 0 heterocycles. The lowest BCUT2D eigenvalue weighted by atomic mass is 9.98. The van der Waals surface area contributed by atoms with Gasteiger partial charge in [0.15, 0.2) is 0 Å². The molecule has 0 spiro atoms. The van der Waals surface area contributed by atoms with E-state index >= 15 is 0 Å². The summed E-state index contributed by atoms with van der Waals surface area (Å²) in [5, 5.41) is 2.81. The minimum atomic E-state index is -0.568. The monoisotopic (exact) mass is 264 g/mol. The lowest BCUT2D eigenvalue weighted by Crippen LogP contribution is -2.55. The Bertz CT molecular complexity index is 442. The van der Waals surface area contributed by atoms with E-state index in [9.17, 15) is 4.79 Å². The number of nitrogens with two attached hydrogens (primary N) is 1. The van der Waals surface area contributed by atoms with Crippen LogP contribution in [0.25, 0.3) is 0 Å². The van der Waals surface area contributed by atoms with Crippen molar-refractivity contribution < 1.29 is 9.53 Å². The second-order valence-corrected chi connectivity index (χ2v) is 4.92. The zero-order valence-corrected chi connectivity index (χ0v) is 10.8. The largest absolute Gasteiger partial charge is 0.413 e. The van der Waals surface area contributed by atoms with Gasteiger partial charge in [-0.1, -0.05) is 43.3 Å². The Balaban J connectivity index is 2.00. The summed E-state index contributed by atoms with van der Waals surface area (Å²) in [7, 11) is 0. The van der Waals surface area contributed by atoms with Crippen molar-refractivity contribution in [3.63, 3.8) is 0 Å². The van der Waals surface area contributed by atoms with E-state index < -0.39 is 11.6 Å². The van der Waals surface area contributed by atoms with Crippen molar-refractivity contribution in [2.75, 3.05) is 0 Å². The highest BCUT2D eigenvalue weighted by molar-refractivity contribution is 7.80. The van der Waals surface area contributed by atoms with Crippen molar-refractivity contribution >= 4 is 23.3 Å². The molecule has 1 aromatic carbocycles. The molecule has 0 saturated heterocycles. The van der Waals surface area contributed by atoms with Gasteiger partial charge in [-0.25, -0.2) is 4.79 Å². The van der Waals surface area contributed by atoms with Crippen LogP contribution in [0.2, 0.25) is 0 Å². The van der Waals surface area contributed by atoms with Gasteiger partial charge < -0.3 is 15.8 Å². The topological polar surface area (TPSA) is 64.3 Å². The van der Waals surface area contributed by atoms with Crippen LogP contribution in [0, 0.1) is 0 Å². The Morgan fingerprint density at radius 3 is 2.44 bits per heavy atom. The Morgan fingerprint density at radius 2 is 1.89 bits per heavy atom. The molecule has 3 N–H and O–H groups in total. The van der Waals surface area contributed by atoms with Crippen molar-refractivity contribution in [2.24, 2.45) is 5.73 Å². The maximum absolute atomic E-state index is 11.8. The fourth-order valence-corrected chi connectivity index (χ4v) is 2.48. The number of ether oxygens (including phenoxy) is 1. The van der Waals surface area contributed by atoms with Crippen LogP contribution < -0.4 is 15.8 Å². The van der Waals surface area contributed by atoms with E-state index in [1.807, 2.05) is 18.2 Å². The lowest BCUT2D eigenvalue weighted by Gasteiger charge is -2.28. The molecule has 2 rings (SSSR count). The quantitative estimate of drug-likeness (QED) is 0.823. The Hall–Kier alpha value is -1.62. The van der Waals surface area contributed by atoms with Gasteiger partial charge in [0, 0.05) is 0 Å². The second kappa shape index (κ2) is 5.35. The van der Waals surface area contributed by atoms with E-state index in [4.69, 9.17) is 22.7 Å². The molecule has 0 bridgehead atoms. The minimum Gasteiger partial charge on any atom is -0.410 e. The van der Waals surface area contributed by atoms with Gasteiger partial charge in [0.05, 0.1) is 10.5 Å². The molecule has 1 amide bonds. The van der Waals surface area contributed by atoms with Gasteiger partial charge in [0.1, 0.15) is 5.75 Å². The standard InChI is InChI=1S/C13H16N2O2S/c14-11(18)13(8-4-5-9-13)15-12(16)17-10-6-2-1-3-7-10/h1-3,6-7H,4-5,8-9H2,(H2,14,18)(H,15,16). The van der Waals surface area contributed by atoms with Crippen LogP contribution in [-0.2, 0) is 0 Å². The molecule has 1 aliphatic carbocycles. The number of hydrogen-bond acceptors (Lipinski definition) is 3. The predicted molar refractivity (Wildman–Crippen MR) is 73.6 cm³/mol. The highest BCUT2D eigenvalue weighted by Crippen LogP contribution is 2.30. The molecule has 1 saturated carbocycles. The normalized spacial score (nSPS) is 17.1. The summed E-state index contributed by atoms with van der Waals surface area (Å²) < 4.78 is 5.19. The van der Waals surface area contributed by atoms with Crippen LogP contribution in [0.5, 0.6) is 5.75 Å².